The Morgan fingerprint density at radius 3 is 2.88 bits per heavy atom. The van der Waals surface area contributed by atoms with Gasteiger partial charge in [-0.15, -0.1) is 0 Å². The Hall–Kier alpha value is -2.36. The molecule has 1 heterocycles. The van der Waals surface area contributed by atoms with Crippen molar-refractivity contribution >= 4 is 16.8 Å². The molecule has 0 fully saturated rings. The van der Waals surface area contributed by atoms with Gasteiger partial charge in [0.2, 0.25) is 5.91 Å². The topological polar surface area (TPSA) is 62.0 Å². The van der Waals surface area contributed by atoms with Crippen molar-refractivity contribution in [2.24, 2.45) is 0 Å². The van der Waals surface area contributed by atoms with Crippen molar-refractivity contribution in [1.29, 1.82) is 0 Å². The molecule has 0 unspecified atom stereocenters. The lowest BCUT2D eigenvalue weighted by Gasteiger charge is -2.12. The summed E-state index contributed by atoms with van der Waals surface area (Å²) in [4.78, 5) is 26.9. The number of allylic oxidation sites excluding steroid dienone is 1. The van der Waals surface area contributed by atoms with Crippen LogP contribution in [-0.4, -0.2) is 17.4 Å². The Balaban J connectivity index is 1.50. The van der Waals surface area contributed by atoms with Gasteiger partial charge in [0, 0.05) is 24.0 Å². The first-order valence-electron chi connectivity index (χ1n) is 8.78. The highest BCUT2D eigenvalue weighted by atomic mass is 16.1. The van der Waals surface area contributed by atoms with E-state index in [0.29, 0.717) is 24.9 Å². The van der Waals surface area contributed by atoms with E-state index < -0.39 is 0 Å². The van der Waals surface area contributed by atoms with Crippen molar-refractivity contribution in [1.82, 2.24) is 10.3 Å². The molecule has 1 aromatic carbocycles. The maximum absolute atomic E-state index is 12.1. The van der Waals surface area contributed by atoms with Crippen LogP contribution in [0.2, 0.25) is 0 Å². The Bertz CT molecular complexity index is 805. The van der Waals surface area contributed by atoms with Gasteiger partial charge in [-0.1, -0.05) is 29.8 Å². The molecule has 4 nitrogen and oxygen atoms in total. The van der Waals surface area contributed by atoms with Gasteiger partial charge < -0.3 is 10.3 Å². The van der Waals surface area contributed by atoms with Gasteiger partial charge in [0.05, 0.1) is 0 Å². The van der Waals surface area contributed by atoms with Crippen molar-refractivity contribution in [3.05, 3.63) is 57.9 Å². The van der Waals surface area contributed by atoms with Crippen LogP contribution in [0.4, 0.5) is 0 Å². The number of para-hydroxylation sites is 1. The van der Waals surface area contributed by atoms with Crippen LogP contribution in [0.3, 0.4) is 0 Å². The molecule has 4 heteroatoms. The second-order valence-corrected chi connectivity index (χ2v) is 6.42. The number of aryl methyl sites for hydroxylation is 1. The molecule has 0 bridgehead atoms. The number of hydrogen-bond acceptors (Lipinski definition) is 2. The molecule has 126 valence electrons. The van der Waals surface area contributed by atoms with Crippen LogP contribution in [0.5, 0.6) is 0 Å². The van der Waals surface area contributed by atoms with Gasteiger partial charge in [-0.3, -0.25) is 9.59 Å². The molecule has 0 saturated carbocycles. The number of pyridine rings is 1. The van der Waals surface area contributed by atoms with Crippen molar-refractivity contribution in [2.45, 2.75) is 44.9 Å². The molecule has 0 spiro atoms. The van der Waals surface area contributed by atoms with Crippen LogP contribution in [0.25, 0.3) is 10.9 Å². The molecule has 24 heavy (non-hydrogen) atoms. The molecular weight excluding hydrogens is 300 g/mol. The third kappa shape index (κ3) is 4.34. The molecule has 1 aliphatic carbocycles. The van der Waals surface area contributed by atoms with Crippen LogP contribution in [0.15, 0.2) is 46.8 Å². The summed E-state index contributed by atoms with van der Waals surface area (Å²) in [6.45, 7) is 0.693. The van der Waals surface area contributed by atoms with Gasteiger partial charge in [-0.2, -0.15) is 0 Å². The first kappa shape index (κ1) is 16.5. The SMILES string of the molecule is O=C(CCc1cc2ccccc2[nH]c1=O)NCCC1=CCCCC1. The Kier molecular flexibility index (Phi) is 5.47. The average molecular weight is 324 g/mol. The Morgan fingerprint density at radius 1 is 1.17 bits per heavy atom. The van der Waals surface area contributed by atoms with Gasteiger partial charge in [-0.05, 0) is 56.0 Å². The molecule has 2 aromatic rings. The van der Waals surface area contributed by atoms with Gasteiger partial charge in [0.15, 0.2) is 0 Å². The van der Waals surface area contributed by atoms with Gasteiger partial charge in [0.25, 0.3) is 5.56 Å². The summed E-state index contributed by atoms with van der Waals surface area (Å²) in [7, 11) is 0. The zero-order valence-corrected chi connectivity index (χ0v) is 13.9. The zero-order valence-electron chi connectivity index (χ0n) is 13.9. The highest BCUT2D eigenvalue weighted by Crippen LogP contribution is 2.19. The minimum Gasteiger partial charge on any atom is -0.356 e. The standard InChI is InChI=1S/C20H24N2O2/c23-19(21-13-12-15-6-2-1-3-7-15)11-10-17-14-16-8-4-5-9-18(16)22-20(17)24/h4-6,8-9,14H,1-3,7,10-13H2,(H,21,23)(H,22,24). The first-order valence-corrected chi connectivity index (χ1v) is 8.78. The predicted octanol–water partition coefficient (Wildman–Crippen LogP) is 3.47. The molecule has 0 atom stereocenters. The van der Waals surface area contributed by atoms with Gasteiger partial charge in [0.1, 0.15) is 0 Å². The second-order valence-electron chi connectivity index (χ2n) is 6.42. The summed E-state index contributed by atoms with van der Waals surface area (Å²) in [5.41, 5.74) is 2.86. The normalized spacial score (nSPS) is 14.4. The van der Waals surface area contributed by atoms with Crippen molar-refractivity contribution in [3.63, 3.8) is 0 Å². The summed E-state index contributed by atoms with van der Waals surface area (Å²) in [5, 5.41) is 3.96. The average Bonchev–Trinajstić information content (AvgIpc) is 2.61. The van der Waals surface area contributed by atoms with E-state index in [1.54, 1.807) is 0 Å². The van der Waals surface area contributed by atoms with Crippen LogP contribution in [0, 0.1) is 0 Å². The number of aromatic amines is 1. The molecule has 0 radical (unpaired) electrons. The van der Waals surface area contributed by atoms with E-state index in [9.17, 15) is 9.59 Å². The first-order chi connectivity index (χ1) is 11.7. The van der Waals surface area contributed by atoms with Crippen LogP contribution >= 0.6 is 0 Å². The molecule has 1 amide bonds. The van der Waals surface area contributed by atoms with Crippen molar-refractivity contribution in [3.8, 4) is 0 Å². The molecule has 3 rings (SSSR count). The minimum absolute atomic E-state index is 0.0129. The summed E-state index contributed by atoms with van der Waals surface area (Å²) in [5.74, 6) is 0.0129. The molecule has 1 aliphatic rings. The number of carbonyl (C=O) groups excluding carboxylic acids is 1. The van der Waals surface area contributed by atoms with Crippen molar-refractivity contribution in [2.75, 3.05) is 6.54 Å². The number of benzene rings is 1. The van der Waals surface area contributed by atoms with Gasteiger partial charge >= 0.3 is 0 Å². The van der Waals surface area contributed by atoms with Gasteiger partial charge in [-0.25, -0.2) is 0 Å². The monoisotopic (exact) mass is 324 g/mol. The third-order valence-corrected chi connectivity index (χ3v) is 4.61. The van der Waals surface area contributed by atoms with Crippen LogP contribution in [0.1, 0.15) is 44.1 Å². The van der Waals surface area contributed by atoms with Crippen LogP contribution < -0.4 is 10.9 Å². The van der Waals surface area contributed by atoms with E-state index in [1.807, 2.05) is 30.3 Å². The highest BCUT2D eigenvalue weighted by Gasteiger charge is 2.08. The summed E-state index contributed by atoms with van der Waals surface area (Å²) in [6, 6.07) is 9.57. The minimum atomic E-state index is -0.103. The molecule has 0 saturated heterocycles. The van der Waals surface area contributed by atoms with E-state index in [-0.39, 0.29) is 11.5 Å². The van der Waals surface area contributed by atoms with E-state index in [0.717, 1.165) is 17.3 Å². The molecule has 0 aliphatic heterocycles. The van der Waals surface area contributed by atoms with Crippen LogP contribution in [-0.2, 0) is 11.2 Å². The Morgan fingerprint density at radius 2 is 2.04 bits per heavy atom. The third-order valence-electron chi connectivity index (χ3n) is 4.61. The number of rotatable bonds is 6. The maximum Gasteiger partial charge on any atom is 0.251 e. The van der Waals surface area contributed by atoms with Crippen molar-refractivity contribution < 1.29 is 4.79 Å². The second kappa shape index (κ2) is 7.95. The van der Waals surface area contributed by atoms with E-state index >= 15 is 0 Å². The number of carbonyl (C=O) groups is 1. The quantitative estimate of drug-likeness (QED) is 0.799. The lowest BCUT2D eigenvalue weighted by Crippen LogP contribution is -2.26. The molecule has 1 aromatic heterocycles. The smallest absolute Gasteiger partial charge is 0.251 e. The number of H-pyrrole nitrogens is 1. The number of amides is 1. The van der Waals surface area contributed by atoms with E-state index in [1.165, 1.54) is 31.3 Å². The lowest BCUT2D eigenvalue weighted by atomic mass is 9.97. The highest BCUT2D eigenvalue weighted by molar-refractivity contribution is 5.79. The Labute approximate surface area is 142 Å². The maximum atomic E-state index is 12.1. The number of nitrogens with one attached hydrogen (secondary N) is 2. The summed E-state index contributed by atoms with van der Waals surface area (Å²) < 4.78 is 0. The number of aromatic nitrogens is 1. The lowest BCUT2D eigenvalue weighted by molar-refractivity contribution is -0.121. The fourth-order valence-electron chi connectivity index (χ4n) is 3.21. The fraction of sp³-hybridized carbons (Fsp3) is 0.400. The van der Waals surface area contributed by atoms with E-state index in [4.69, 9.17) is 0 Å². The molecular formula is C20H24N2O2. The molecule has 2 N–H and O–H groups in total. The number of hydrogen-bond donors (Lipinski definition) is 2. The summed E-state index contributed by atoms with van der Waals surface area (Å²) in [6.07, 6.45) is 8.97. The predicted molar refractivity (Wildman–Crippen MR) is 97.1 cm³/mol. The fourth-order valence-corrected chi connectivity index (χ4v) is 3.21. The zero-order chi connectivity index (χ0) is 16.8. The summed E-state index contributed by atoms with van der Waals surface area (Å²) >= 11 is 0. The van der Waals surface area contributed by atoms with E-state index in [2.05, 4.69) is 16.4 Å². The number of fused-ring (bicyclic) bond motifs is 1. The largest absolute Gasteiger partial charge is 0.356 e.